The van der Waals surface area contributed by atoms with E-state index < -0.39 is 11.8 Å². The van der Waals surface area contributed by atoms with Crippen LogP contribution in [0, 0.1) is 12.7 Å². The molecule has 0 aromatic heterocycles. The zero-order valence-corrected chi connectivity index (χ0v) is 8.44. The maximum absolute atomic E-state index is 13.0. The molecule has 1 rings (SSSR count). The molecule has 0 atom stereocenters. The number of hydrogen-bond acceptors (Lipinski definition) is 1. The van der Waals surface area contributed by atoms with E-state index in [2.05, 4.69) is 0 Å². The summed E-state index contributed by atoms with van der Waals surface area (Å²) in [6.07, 6.45) is 0.224. The Hall–Kier alpha value is -1.09. The van der Waals surface area contributed by atoms with Crippen LogP contribution < -0.4 is 0 Å². The van der Waals surface area contributed by atoms with Gasteiger partial charge in [0.2, 0.25) is 0 Å². The molecule has 4 heteroatoms. The van der Waals surface area contributed by atoms with Crippen molar-refractivity contribution in [2.45, 2.75) is 19.8 Å². The molecule has 0 aliphatic carbocycles. The number of carbonyl (C=O) groups is 1. The van der Waals surface area contributed by atoms with Crippen LogP contribution in [-0.2, 0) is 11.2 Å². The van der Waals surface area contributed by atoms with Crippen molar-refractivity contribution in [3.8, 4) is 0 Å². The highest BCUT2D eigenvalue weighted by Crippen LogP contribution is 2.24. The van der Waals surface area contributed by atoms with Crippen molar-refractivity contribution in [2.24, 2.45) is 0 Å². The smallest absolute Gasteiger partial charge is 0.303 e. The van der Waals surface area contributed by atoms with Gasteiger partial charge >= 0.3 is 5.97 Å². The molecular weight excluding hydrogens is 207 g/mol. The molecule has 0 fully saturated rings. The first-order chi connectivity index (χ1) is 6.52. The topological polar surface area (TPSA) is 37.3 Å². The van der Waals surface area contributed by atoms with Gasteiger partial charge in [0, 0.05) is 6.42 Å². The van der Waals surface area contributed by atoms with Gasteiger partial charge in [-0.3, -0.25) is 4.79 Å². The second kappa shape index (κ2) is 4.42. The molecule has 0 saturated heterocycles. The number of aryl methyl sites for hydroxylation is 1. The maximum atomic E-state index is 13.0. The summed E-state index contributed by atoms with van der Waals surface area (Å²) in [6, 6.07) is 2.88. The first-order valence-corrected chi connectivity index (χ1v) is 4.55. The van der Waals surface area contributed by atoms with Gasteiger partial charge in [-0.15, -0.1) is 0 Å². The molecule has 1 N–H and O–H groups in total. The number of carboxylic acids is 1. The van der Waals surface area contributed by atoms with Gasteiger partial charge in [0.15, 0.2) is 0 Å². The van der Waals surface area contributed by atoms with Crippen molar-refractivity contribution in [3.63, 3.8) is 0 Å². The molecule has 2 nitrogen and oxygen atoms in total. The summed E-state index contributed by atoms with van der Waals surface area (Å²) in [5.41, 5.74) is 1.40. The van der Waals surface area contributed by atoms with Crippen LogP contribution in [0.1, 0.15) is 17.5 Å². The molecular formula is C10H10ClFO2. The summed E-state index contributed by atoms with van der Waals surface area (Å²) >= 11 is 5.71. The van der Waals surface area contributed by atoms with Gasteiger partial charge in [0.1, 0.15) is 5.82 Å². The standard InChI is InChI=1S/C10H10ClFO2/c1-6-2-4-8(12)10(11)7(6)3-5-9(13)14/h2,4H,3,5H2,1H3,(H,13,14). The van der Waals surface area contributed by atoms with E-state index in [9.17, 15) is 9.18 Å². The monoisotopic (exact) mass is 216 g/mol. The average Bonchev–Trinajstić information content (AvgIpc) is 2.11. The second-order valence-electron chi connectivity index (χ2n) is 3.05. The van der Waals surface area contributed by atoms with E-state index in [1.165, 1.54) is 6.07 Å². The lowest BCUT2D eigenvalue weighted by Crippen LogP contribution is -2.00. The largest absolute Gasteiger partial charge is 0.481 e. The highest BCUT2D eigenvalue weighted by atomic mass is 35.5. The fourth-order valence-electron chi connectivity index (χ4n) is 1.23. The Balaban J connectivity index is 2.95. The normalized spacial score (nSPS) is 10.2. The van der Waals surface area contributed by atoms with Crippen molar-refractivity contribution >= 4 is 17.6 Å². The van der Waals surface area contributed by atoms with E-state index in [0.29, 0.717) is 5.56 Å². The molecule has 0 unspecified atom stereocenters. The Kier molecular flexibility index (Phi) is 3.47. The van der Waals surface area contributed by atoms with Gasteiger partial charge in [-0.05, 0) is 30.5 Å². The Bertz CT molecular complexity index is 363. The zero-order chi connectivity index (χ0) is 10.7. The Morgan fingerprint density at radius 2 is 2.21 bits per heavy atom. The average molecular weight is 217 g/mol. The van der Waals surface area contributed by atoms with Crippen molar-refractivity contribution in [1.82, 2.24) is 0 Å². The van der Waals surface area contributed by atoms with E-state index in [4.69, 9.17) is 16.7 Å². The fraction of sp³-hybridized carbons (Fsp3) is 0.300. The second-order valence-corrected chi connectivity index (χ2v) is 3.43. The lowest BCUT2D eigenvalue weighted by Gasteiger charge is -2.07. The molecule has 0 radical (unpaired) electrons. The molecule has 14 heavy (non-hydrogen) atoms. The molecule has 76 valence electrons. The van der Waals surface area contributed by atoms with Crippen LogP contribution in [0.2, 0.25) is 5.02 Å². The van der Waals surface area contributed by atoms with Crippen LogP contribution in [0.5, 0.6) is 0 Å². The van der Waals surface area contributed by atoms with Crippen LogP contribution in [0.3, 0.4) is 0 Å². The lowest BCUT2D eigenvalue weighted by molar-refractivity contribution is -0.136. The van der Waals surface area contributed by atoms with E-state index >= 15 is 0 Å². The molecule has 0 aliphatic heterocycles. The number of rotatable bonds is 3. The molecule has 0 saturated carbocycles. The summed E-state index contributed by atoms with van der Waals surface area (Å²) in [5.74, 6) is -1.41. The number of carboxylic acid groups (broad SMARTS) is 1. The molecule has 0 heterocycles. The van der Waals surface area contributed by atoms with Gasteiger partial charge in [-0.1, -0.05) is 17.7 Å². The molecule has 0 bridgehead atoms. The third-order valence-electron chi connectivity index (χ3n) is 2.02. The number of benzene rings is 1. The van der Waals surface area contributed by atoms with Crippen LogP contribution >= 0.6 is 11.6 Å². The first kappa shape index (κ1) is 11.0. The Morgan fingerprint density at radius 1 is 1.57 bits per heavy atom. The minimum absolute atomic E-state index is 0.0336. The minimum atomic E-state index is -0.912. The molecule has 0 aliphatic rings. The third-order valence-corrected chi connectivity index (χ3v) is 2.43. The summed E-state index contributed by atoms with van der Waals surface area (Å²) in [7, 11) is 0. The van der Waals surface area contributed by atoms with Gasteiger partial charge in [-0.2, -0.15) is 0 Å². The van der Waals surface area contributed by atoms with E-state index in [1.54, 1.807) is 13.0 Å². The predicted molar refractivity (Wildman–Crippen MR) is 52.1 cm³/mol. The highest BCUT2D eigenvalue weighted by Gasteiger charge is 2.10. The SMILES string of the molecule is Cc1ccc(F)c(Cl)c1CCC(=O)O. The minimum Gasteiger partial charge on any atom is -0.481 e. The zero-order valence-electron chi connectivity index (χ0n) is 7.68. The Morgan fingerprint density at radius 3 is 2.79 bits per heavy atom. The molecule has 1 aromatic rings. The summed E-state index contributed by atoms with van der Waals surface area (Å²) in [4.78, 5) is 10.3. The van der Waals surface area contributed by atoms with Crippen LogP contribution in [-0.4, -0.2) is 11.1 Å². The van der Waals surface area contributed by atoms with Crippen LogP contribution in [0.15, 0.2) is 12.1 Å². The van der Waals surface area contributed by atoms with Crippen molar-refractivity contribution in [2.75, 3.05) is 0 Å². The van der Waals surface area contributed by atoms with Crippen LogP contribution in [0.25, 0.3) is 0 Å². The van der Waals surface area contributed by atoms with Crippen molar-refractivity contribution in [3.05, 3.63) is 34.1 Å². The summed E-state index contributed by atoms with van der Waals surface area (Å²) < 4.78 is 13.0. The molecule has 0 amide bonds. The maximum Gasteiger partial charge on any atom is 0.303 e. The highest BCUT2D eigenvalue weighted by molar-refractivity contribution is 6.31. The quantitative estimate of drug-likeness (QED) is 0.844. The summed E-state index contributed by atoms with van der Waals surface area (Å²) in [5, 5.41) is 8.52. The van der Waals surface area contributed by atoms with E-state index in [-0.39, 0.29) is 17.9 Å². The number of halogens is 2. The predicted octanol–water partition coefficient (Wildman–Crippen LogP) is 2.80. The lowest BCUT2D eigenvalue weighted by atomic mass is 10.0. The van der Waals surface area contributed by atoms with Gasteiger partial charge in [-0.25, -0.2) is 4.39 Å². The molecule has 0 spiro atoms. The van der Waals surface area contributed by atoms with Gasteiger partial charge in [0.25, 0.3) is 0 Å². The number of aliphatic carboxylic acids is 1. The van der Waals surface area contributed by atoms with Crippen molar-refractivity contribution in [1.29, 1.82) is 0 Å². The fourth-order valence-corrected chi connectivity index (χ4v) is 1.53. The van der Waals surface area contributed by atoms with E-state index in [0.717, 1.165) is 5.56 Å². The van der Waals surface area contributed by atoms with E-state index in [1.807, 2.05) is 0 Å². The Labute approximate surface area is 86.3 Å². The van der Waals surface area contributed by atoms with Crippen molar-refractivity contribution < 1.29 is 14.3 Å². The third kappa shape index (κ3) is 2.45. The number of hydrogen-bond donors (Lipinski definition) is 1. The first-order valence-electron chi connectivity index (χ1n) is 4.17. The summed E-state index contributed by atoms with van der Waals surface area (Å²) in [6.45, 7) is 1.78. The van der Waals surface area contributed by atoms with Gasteiger partial charge < -0.3 is 5.11 Å². The van der Waals surface area contributed by atoms with Gasteiger partial charge in [0.05, 0.1) is 5.02 Å². The van der Waals surface area contributed by atoms with Crippen LogP contribution in [0.4, 0.5) is 4.39 Å². The molecule has 1 aromatic carbocycles.